The normalized spacial score (nSPS) is 18.1. The van der Waals surface area contributed by atoms with E-state index < -0.39 is 0 Å². The minimum absolute atomic E-state index is 0.0146. The average Bonchev–Trinajstić information content (AvgIpc) is 3.27. The van der Waals surface area contributed by atoms with Gasteiger partial charge in [0.25, 0.3) is 5.91 Å². The Bertz CT molecular complexity index is 683. The van der Waals surface area contributed by atoms with Gasteiger partial charge in [-0.25, -0.2) is 4.98 Å². The Morgan fingerprint density at radius 3 is 2.81 bits per heavy atom. The van der Waals surface area contributed by atoms with E-state index in [9.17, 15) is 9.59 Å². The van der Waals surface area contributed by atoms with Crippen LogP contribution in [0, 0.1) is 5.92 Å². The summed E-state index contributed by atoms with van der Waals surface area (Å²) in [4.78, 5) is 31.4. The number of nitrogens with zero attached hydrogens (tertiary/aromatic N) is 2. The number of hydrogen-bond donors (Lipinski definition) is 1. The number of rotatable bonds is 7. The van der Waals surface area contributed by atoms with E-state index in [1.165, 1.54) is 12.8 Å². The average molecular weight is 359 g/mol. The molecular formula is C20H29N3O3. The third-order valence-electron chi connectivity index (χ3n) is 5.62. The molecule has 142 valence electrons. The fourth-order valence-corrected chi connectivity index (χ4v) is 3.81. The number of ether oxygens (including phenoxy) is 1. The second-order valence-electron chi connectivity index (χ2n) is 7.52. The zero-order valence-electron chi connectivity index (χ0n) is 16.0. The van der Waals surface area contributed by atoms with Gasteiger partial charge in [0.05, 0.1) is 24.9 Å². The molecule has 1 atom stereocenters. The van der Waals surface area contributed by atoms with Crippen LogP contribution in [0.1, 0.15) is 74.0 Å². The highest BCUT2D eigenvalue weighted by Gasteiger charge is 2.35. The first-order valence-electron chi connectivity index (χ1n) is 9.67. The van der Waals surface area contributed by atoms with Crippen molar-refractivity contribution in [3.05, 3.63) is 22.9 Å². The maximum atomic E-state index is 12.8. The minimum atomic E-state index is 0.0146. The fraction of sp³-hybridized carbons (Fsp3) is 0.650. The summed E-state index contributed by atoms with van der Waals surface area (Å²) in [6, 6.07) is 2.18. The van der Waals surface area contributed by atoms with Crippen LogP contribution in [-0.2, 0) is 17.9 Å². The largest absolute Gasteiger partial charge is 0.481 e. The molecular weight excluding hydrogens is 330 g/mol. The van der Waals surface area contributed by atoms with Crippen molar-refractivity contribution in [1.82, 2.24) is 15.2 Å². The molecule has 3 rings (SSSR count). The van der Waals surface area contributed by atoms with Crippen molar-refractivity contribution in [3.63, 3.8) is 0 Å². The van der Waals surface area contributed by atoms with E-state index in [4.69, 9.17) is 4.74 Å². The van der Waals surface area contributed by atoms with E-state index >= 15 is 0 Å². The maximum Gasteiger partial charge on any atom is 0.256 e. The van der Waals surface area contributed by atoms with Gasteiger partial charge in [-0.15, -0.1) is 0 Å². The van der Waals surface area contributed by atoms with Gasteiger partial charge in [0.1, 0.15) is 0 Å². The van der Waals surface area contributed by atoms with Crippen molar-refractivity contribution in [2.24, 2.45) is 5.92 Å². The number of carbonyl (C=O) groups is 2. The van der Waals surface area contributed by atoms with Crippen LogP contribution in [0.4, 0.5) is 0 Å². The standard InChI is InChI=1S/C20H29N3O3/c1-4-13(2)9-18(24)21-11-14-10-16-17(22-19(14)26-3)12-23(20(16)25)15-7-5-6-8-15/h10,13,15H,4-9,11-12H2,1-3H3,(H,21,24)/t13-/m1/s1. The lowest BCUT2D eigenvalue weighted by molar-refractivity contribution is -0.122. The third-order valence-corrected chi connectivity index (χ3v) is 5.62. The zero-order valence-corrected chi connectivity index (χ0v) is 16.0. The van der Waals surface area contributed by atoms with Gasteiger partial charge in [0.15, 0.2) is 0 Å². The Morgan fingerprint density at radius 1 is 1.42 bits per heavy atom. The number of fused-ring (bicyclic) bond motifs is 1. The molecule has 0 saturated heterocycles. The van der Waals surface area contributed by atoms with Crippen LogP contribution < -0.4 is 10.1 Å². The molecule has 26 heavy (non-hydrogen) atoms. The lowest BCUT2D eigenvalue weighted by Gasteiger charge is -2.22. The van der Waals surface area contributed by atoms with Crippen molar-refractivity contribution < 1.29 is 14.3 Å². The molecule has 6 heteroatoms. The monoisotopic (exact) mass is 359 g/mol. The molecule has 1 aromatic rings. The first kappa shape index (κ1) is 18.7. The Balaban J connectivity index is 1.73. The molecule has 0 aromatic carbocycles. The quantitative estimate of drug-likeness (QED) is 0.812. The highest BCUT2D eigenvalue weighted by Crippen LogP contribution is 2.33. The lowest BCUT2D eigenvalue weighted by atomic mass is 10.0. The van der Waals surface area contributed by atoms with E-state index in [-0.39, 0.29) is 11.8 Å². The summed E-state index contributed by atoms with van der Waals surface area (Å²) >= 11 is 0. The predicted molar refractivity (Wildman–Crippen MR) is 98.8 cm³/mol. The Kier molecular flexibility index (Phi) is 5.79. The van der Waals surface area contributed by atoms with E-state index in [1.54, 1.807) is 7.11 Å². The maximum absolute atomic E-state index is 12.8. The highest BCUT2D eigenvalue weighted by molar-refractivity contribution is 5.98. The molecule has 2 amide bonds. The Morgan fingerprint density at radius 2 is 2.15 bits per heavy atom. The Hall–Kier alpha value is -2.11. The van der Waals surface area contributed by atoms with Gasteiger partial charge in [-0.05, 0) is 24.8 Å². The molecule has 1 aliphatic carbocycles. The van der Waals surface area contributed by atoms with Gasteiger partial charge in [0.2, 0.25) is 11.8 Å². The van der Waals surface area contributed by atoms with E-state index in [0.29, 0.717) is 42.9 Å². The van der Waals surface area contributed by atoms with Crippen LogP contribution in [0.15, 0.2) is 6.07 Å². The molecule has 1 aliphatic heterocycles. The van der Waals surface area contributed by atoms with Crippen LogP contribution in [0.3, 0.4) is 0 Å². The SMILES string of the molecule is CC[C@@H](C)CC(=O)NCc1cc2c(nc1OC)CN(C1CCCC1)C2=O. The first-order chi connectivity index (χ1) is 12.5. The van der Waals surface area contributed by atoms with E-state index in [1.807, 2.05) is 11.0 Å². The highest BCUT2D eigenvalue weighted by atomic mass is 16.5. The van der Waals surface area contributed by atoms with E-state index in [0.717, 1.165) is 30.5 Å². The Labute approximate surface area is 155 Å². The molecule has 0 radical (unpaired) electrons. The summed E-state index contributed by atoms with van der Waals surface area (Å²) in [5.74, 6) is 0.931. The predicted octanol–water partition coefficient (Wildman–Crippen LogP) is 3.04. The molecule has 1 N–H and O–H groups in total. The van der Waals surface area contributed by atoms with E-state index in [2.05, 4.69) is 24.1 Å². The van der Waals surface area contributed by atoms with Gasteiger partial charge >= 0.3 is 0 Å². The smallest absolute Gasteiger partial charge is 0.256 e. The summed E-state index contributed by atoms with van der Waals surface area (Å²) in [5, 5.41) is 2.93. The number of amides is 2. The fourth-order valence-electron chi connectivity index (χ4n) is 3.81. The van der Waals surface area contributed by atoms with Gasteiger partial charge in [-0.1, -0.05) is 33.1 Å². The second-order valence-corrected chi connectivity index (χ2v) is 7.52. The van der Waals surface area contributed by atoms with Crippen molar-refractivity contribution in [1.29, 1.82) is 0 Å². The molecule has 0 spiro atoms. The van der Waals surface area contributed by atoms with Crippen molar-refractivity contribution in [2.45, 2.75) is 71.5 Å². The molecule has 2 heterocycles. The molecule has 2 aliphatic rings. The summed E-state index contributed by atoms with van der Waals surface area (Å²) in [5.41, 5.74) is 2.20. The number of carbonyl (C=O) groups excluding carboxylic acids is 2. The van der Waals surface area contributed by atoms with Crippen molar-refractivity contribution in [2.75, 3.05) is 7.11 Å². The third kappa shape index (κ3) is 3.84. The molecule has 1 saturated carbocycles. The van der Waals surface area contributed by atoms with Crippen LogP contribution in [0.2, 0.25) is 0 Å². The summed E-state index contributed by atoms with van der Waals surface area (Å²) in [6.45, 7) is 5.03. The number of aromatic nitrogens is 1. The summed E-state index contributed by atoms with van der Waals surface area (Å²) in [7, 11) is 1.57. The molecule has 6 nitrogen and oxygen atoms in total. The van der Waals surface area contributed by atoms with Gasteiger partial charge in [-0.3, -0.25) is 9.59 Å². The summed E-state index contributed by atoms with van der Waals surface area (Å²) < 4.78 is 5.41. The number of hydrogen-bond acceptors (Lipinski definition) is 4. The number of methoxy groups -OCH3 is 1. The van der Waals surface area contributed by atoms with Gasteiger partial charge in [0, 0.05) is 24.6 Å². The molecule has 1 fully saturated rings. The number of nitrogens with one attached hydrogen (secondary N) is 1. The molecule has 0 bridgehead atoms. The lowest BCUT2D eigenvalue weighted by Crippen LogP contribution is -2.33. The first-order valence-corrected chi connectivity index (χ1v) is 9.67. The number of pyridine rings is 1. The van der Waals surface area contributed by atoms with Crippen LogP contribution in [0.5, 0.6) is 5.88 Å². The molecule has 0 unspecified atom stereocenters. The van der Waals surface area contributed by atoms with Gasteiger partial charge in [-0.2, -0.15) is 0 Å². The zero-order chi connectivity index (χ0) is 18.7. The summed E-state index contributed by atoms with van der Waals surface area (Å²) in [6.07, 6.45) is 6.02. The minimum Gasteiger partial charge on any atom is -0.481 e. The topological polar surface area (TPSA) is 71.5 Å². The van der Waals surface area contributed by atoms with Crippen LogP contribution >= 0.6 is 0 Å². The molecule has 1 aromatic heterocycles. The second kappa shape index (κ2) is 8.06. The van der Waals surface area contributed by atoms with Crippen molar-refractivity contribution in [3.8, 4) is 5.88 Å². The van der Waals surface area contributed by atoms with Crippen molar-refractivity contribution >= 4 is 11.8 Å². The van der Waals surface area contributed by atoms with Gasteiger partial charge < -0.3 is 15.0 Å². The van der Waals surface area contributed by atoms with Crippen LogP contribution in [0.25, 0.3) is 0 Å². The van der Waals surface area contributed by atoms with Crippen LogP contribution in [-0.4, -0.2) is 34.8 Å².